The molecule has 0 radical (unpaired) electrons. The molecule has 0 fully saturated rings. The van der Waals surface area contributed by atoms with Gasteiger partial charge < -0.3 is 19.9 Å². The first-order valence-corrected chi connectivity index (χ1v) is 12.6. The van der Waals surface area contributed by atoms with Crippen LogP contribution in [0.5, 0.6) is 5.75 Å². The van der Waals surface area contributed by atoms with E-state index in [0.717, 1.165) is 12.0 Å². The van der Waals surface area contributed by atoms with Crippen molar-refractivity contribution in [2.45, 2.75) is 52.6 Å². The van der Waals surface area contributed by atoms with Gasteiger partial charge in [0.05, 0.1) is 6.04 Å². The summed E-state index contributed by atoms with van der Waals surface area (Å²) in [6.45, 7) is 11.4. The van der Waals surface area contributed by atoms with Crippen molar-refractivity contribution in [3.8, 4) is 5.75 Å². The number of urea groups is 1. The highest BCUT2D eigenvalue weighted by molar-refractivity contribution is 7.10. The van der Waals surface area contributed by atoms with Crippen molar-refractivity contribution in [1.82, 2.24) is 15.1 Å². The van der Waals surface area contributed by atoms with Gasteiger partial charge in [0.1, 0.15) is 18.9 Å². The Bertz CT molecular complexity index is 953. The molecule has 2 aromatic rings. The lowest BCUT2D eigenvalue weighted by Crippen LogP contribution is -2.53. The number of nitrogens with zero attached hydrogens (tertiary/aromatic N) is 2. The summed E-state index contributed by atoms with van der Waals surface area (Å²) in [5.74, 6) is 0.888. The number of hydrogen-bond acceptors (Lipinski definition) is 4. The molecule has 1 aliphatic rings. The van der Waals surface area contributed by atoms with Crippen molar-refractivity contribution in [2.75, 3.05) is 26.2 Å². The van der Waals surface area contributed by atoms with Crippen molar-refractivity contribution in [2.24, 2.45) is 5.92 Å². The van der Waals surface area contributed by atoms with Crippen molar-refractivity contribution in [1.29, 1.82) is 0 Å². The van der Waals surface area contributed by atoms with E-state index in [0.29, 0.717) is 30.5 Å². The quantitative estimate of drug-likeness (QED) is 0.566. The summed E-state index contributed by atoms with van der Waals surface area (Å²) in [6, 6.07) is 8.89. The summed E-state index contributed by atoms with van der Waals surface area (Å²) >= 11 is 7.70. The number of amides is 3. The molecule has 1 aromatic heterocycles. The predicted octanol–water partition coefficient (Wildman–Crippen LogP) is 5.37. The number of carbonyl (C=O) groups excluding carboxylic acids is 2. The Labute approximate surface area is 205 Å². The van der Waals surface area contributed by atoms with Crippen LogP contribution in [0, 0.1) is 5.92 Å². The third-order valence-electron chi connectivity index (χ3n) is 5.32. The van der Waals surface area contributed by atoms with Gasteiger partial charge in [0.2, 0.25) is 5.91 Å². The van der Waals surface area contributed by atoms with E-state index in [2.05, 4.69) is 16.8 Å². The van der Waals surface area contributed by atoms with Crippen molar-refractivity contribution >= 4 is 34.9 Å². The molecule has 6 nitrogen and oxygen atoms in total. The number of nitrogens with one attached hydrogen (secondary N) is 1. The number of fused-ring (bicyclic) bond motifs is 1. The Morgan fingerprint density at radius 1 is 1.24 bits per heavy atom. The highest BCUT2D eigenvalue weighted by Crippen LogP contribution is 2.34. The minimum Gasteiger partial charge on any atom is -0.491 e. The minimum atomic E-state index is -0.374. The normalized spacial score (nSPS) is 15.8. The van der Waals surface area contributed by atoms with E-state index < -0.39 is 0 Å². The van der Waals surface area contributed by atoms with Crippen LogP contribution in [-0.2, 0) is 11.2 Å². The maximum atomic E-state index is 13.5. The number of carbonyl (C=O) groups is 2. The van der Waals surface area contributed by atoms with Gasteiger partial charge in [-0.15, -0.1) is 11.3 Å². The lowest BCUT2D eigenvalue weighted by Gasteiger charge is -2.37. The van der Waals surface area contributed by atoms with Crippen LogP contribution in [0.2, 0.25) is 5.02 Å². The van der Waals surface area contributed by atoms with Gasteiger partial charge in [-0.1, -0.05) is 25.4 Å². The number of ether oxygens (including phenoxy) is 1. The molecule has 1 unspecified atom stereocenters. The van der Waals surface area contributed by atoms with Crippen LogP contribution in [0.4, 0.5) is 4.79 Å². The van der Waals surface area contributed by atoms with E-state index in [1.54, 1.807) is 28.4 Å². The average Bonchev–Trinajstić information content (AvgIpc) is 3.20. The average molecular weight is 492 g/mol. The van der Waals surface area contributed by atoms with Crippen LogP contribution < -0.4 is 10.1 Å². The van der Waals surface area contributed by atoms with E-state index in [1.807, 2.05) is 51.7 Å². The molecule has 2 heterocycles. The predicted molar refractivity (Wildman–Crippen MR) is 134 cm³/mol. The molecule has 0 spiro atoms. The number of halogens is 1. The van der Waals surface area contributed by atoms with Crippen LogP contribution in [0.15, 0.2) is 35.7 Å². The van der Waals surface area contributed by atoms with Gasteiger partial charge in [-0.25, -0.2) is 4.79 Å². The first-order chi connectivity index (χ1) is 15.5. The fraction of sp³-hybridized carbons (Fsp3) is 0.520. The molecule has 33 heavy (non-hydrogen) atoms. The summed E-state index contributed by atoms with van der Waals surface area (Å²) in [5.41, 5.74) is 0.754. The second kappa shape index (κ2) is 10.8. The highest BCUT2D eigenvalue weighted by Gasteiger charge is 2.34. The van der Waals surface area contributed by atoms with Gasteiger partial charge in [-0.2, -0.15) is 0 Å². The van der Waals surface area contributed by atoms with Crippen LogP contribution in [0.3, 0.4) is 0 Å². The van der Waals surface area contributed by atoms with E-state index in [9.17, 15) is 9.59 Å². The summed E-state index contributed by atoms with van der Waals surface area (Å²) in [6.07, 6.45) is 0.814. The maximum absolute atomic E-state index is 13.5. The van der Waals surface area contributed by atoms with Crippen LogP contribution in [0.25, 0.3) is 0 Å². The van der Waals surface area contributed by atoms with Gasteiger partial charge >= 0.3 is 6.03 Å². The van der Waals surface area contributed by atoms with Gasteiger partial charge in [0.25, 0.3) is 0 Å². The fourth-order valence-electron chi connectivity index (χ4n) is 3.89. The Morgan fingerprint density at radius 3 is 2.58 bits per heavy atom. The molecule has 3 amide bonds. The third-order valence-corrected chi connectivity index (χ3v) is 6.57. The molecule has 0 aliphatic carbocycles. The van der Waals surface area contributed by atoms with Gasteiger partial charge in [0, 0.05) is 28.5 Å². The summed E-state index contributed by atoms with van der Waals surface area (Å²) < 4.78 is 6.05. The van der Waals surface area contributed by atoms with Gasteiger partial charge in [-0.05, 0) is 74.4 Å². The SMILES string of the molecule is CC(C)CN(CC(=O)N1CCc2sccc2C1COc1ccc(Cl)cc1)C(=O)NC(C)(C)C. The molecule has 8 heteroatoms. The minimum absolute atomic E-state index is 0.0387. The van der Waals surface area contributed by atoms with E-state index in [1.165, 1.54) is 4.88 Å². The summed E-state index contributed by atoms with van der Waals surface area (Å²) in [5, 5.41) is 5.70. The second-order valence-corrected chi connectivity index (χ2v) is 11.3. The molecule has 1 aliphatic heterocycles. The molecule has 0 saturated heterocycles. The number of benzene rings is 1. The largest absolute Gasteiger partial charge is 0.491 e. The molecule has 3 rings (SSSR count). The zero-order valence-electron chi connectivity index (χ0n) is 20.1. The second-order valence-electron chi connectivity index (χ2n) is 9.87. The number of rotatable bonds is 7. The molecule has 180 valence electrons. The van der Waals surface area contributed by atoms with Crippen molar-refractivity contribution in [3.05, 3.63) is 51.2 Å². The first kappa shape index (κ1) is 25.4. The smallest absolute Gasteiger partial charge is 0.318 e. The van der Waals surface area contributed by atoms with Crippen LogP contribution in [-0.4, -0.2) is 53.5 Å². The lowest BCUT2D eigenvalue weighted by atomic mass is 10.0. The Hall–Kier alpha value is -2.25. The Kier molecular flexibility index (Phi) is 8.29. The Morgan fingerprint density at radius 2 is 1.94 bits per heavy atom. The number of thiophene rings is 1. The Balaban J connectivity index is 1.76. The molecule has 1 N–H and O–H groups in total. The van der Waals surface area contributed by atoms with Crippen LogP contribution in [0.1, 0.15) is 51.1 Å². The van der Waals surface area contributed by atoms with Crippen molar-refractivity contribution in [3.63, 3.8) is 0 Å². The number of hydrogen-bond donors (Lipinski definition) is 1. The zero-order chi connectivity index (χ0) is 24.2. The van der Waals surface area contributed by atoms with Gasteiger partial charge in [0.15, 0.2) is 0 Å². The third kappa shape index (κ3) is 7.11. The summed E-state index contributed by atoms with van der Waals surface area (Å²) in [4.78, 5) is 31.2. The zero-order valence-corrected chi connectivity index (χ0v) is 21.6. The lowest BCUT2D eigenvalue weighted by molar-refractivity contribution is -0.135. The molecular formula is C25H34ClN3O3S. The molecule has 0 saturated carbocycles. The molecule has 0 bridgehead atoms. The van der Waals surface area contributed by atoms with E-state index in [4.69, 9.17) is 16.3 Å². The molecule has 1 atom stereocenters. The van der Waals surface area contributed by atoms with Crippen molar-refractivity contribution < 1.29 is 14.3 Å². The van der Waals surface area contributed by atoms with E-state index >= 15 is 0 Å². The monoisotopic (exact) mass is 491 g/mol. The molecule has 1 aromatic carbocycles. The first-order valence-electron chi connectivity index (χ1n) is 11.3. The topological polar surface area (TPSA) is 61.9 Å². The fourth-order valence-corrected chi connectivity index (χ4v) is 4.95. The highest BCUT2D eigenvalue weighted by atomic mass is 35.5. The summed E-state index contributed by atoms with van der Waals surface area (Å²) in [7, 11) is 0. The van der Waals surface area contributed by atoms with E-state index in [-0.39, 0.29) is 36.0 Å². The standard InChI is InChI=1S/C25H34ClN3O3S/c1-17(2)14-28(24(31)27-25(3,4)5)15-23(30)29-12-10-22-20(11-13-33-22)21(29)16-32-19-8-6-18(26)7-9-19/h6-9,11,13,17,21H,10,12,14-16H2,1-5H3,(H,27,31). The maximum Gasteiger partial charge on any atom is 0.318 e. The van der Waals surface area contributed by atoms with Crippen LogP contribution >= 0.6 is 22.9 Å². The molecular weight excluding hydrogens is 458 g/mol. The van der Waals surface area contributed by atoms with Gasteiger partial charge in [-0.3, -0.25) is 4.79 Å².